The molecule has 100 valence electrons. The van der Waals surface area contributed by atoms with Gasteiger partial charge in [0.15, 0.2) is 0 Å². The summed E-state index contributed by atoms with van der Waals surface area (Å²) < 4.78 is 10.2. The minimum absolute atomic E-state index is 0.0163. The monoisotopic (exact) mass is 253 g/mol. The fraction of sp³-hybridized carbons (Fsp3) is 0.667. The van der Waals surface area contributed by atoms with Gasteiger partial charge in [-0.25, -0.2) is 4.98 Å². The predicted octanol–water partition coefficient (Wildman–Crippen LogP) is 0.583. The molecule has 1 fully saturated rings. The highest BCUT2D eigenvalue weighted by Gasteiger charge is 2.39. The quantitative estimate of drug-likeness (QED) is 0.819. The highest BCUT2D eigenvalue weighted by molar-refractivity contribution is 5.28. The molecule has 18 heavy (non-hydrogen) atoms. The van der Waals surface area contributed by atoms with Gasteiger partial charge in [-0.15, -0.1) is 0 Å². The van der Waals surface area contributed by atoms with E-state index in [1.54, 1.807) is 0 Å². The zero-order chi connectivity index (χ0) is 13.2. The maximum atomic E-state index is 10.7. The normalized spacial score (nSPS) is 27.9. The lowest BCUT2D eigenvalue weighted by molar-refractivity contribution is -0.0137. The molecule has 1 aliphatic rings. The van der Waals surface area contributed by atoms with Gasteiger partial charge in [-0.05, 0) is 25.7 Å². The molecule has 3 N–H and O–H groups in total. The third-order valence-electron chi connectivity index (χ3n) is 3.33. The summed E-state index contributed by atoms with van der Waals surface area (Å²) in [6.07, 6.45) is 4.38. The van der Waals surface area contributed by atoms with Crippen LogP contribution >= 0.6 is 0 Å². The molecule has 1 heterocycles. The third kappa shape index (κ3) is 2.39. The Labute approximate surface area is 106 Å². The van der Waals surface area contributed by atoms with Crippen molar-refractivity contribution in [1.82, 2.24) is 9.97 Å². The van der Waals surface area contributed by atoms with Gasteiger partial charge in [0.1, 0.15) is 11.3 Å². The number of hydrogen-bond acceptors (Lipinski definition) is 6. The number of nitrogens with two attached hydrogens (primary N) is 1. The van der Waals surface area contributed by atoms with Crippen LogP contribution in [-0.2, 0) is 5.60 Å². The van der Waals surface area contributed by atoms with Crippen LogP contribution in [0.2, 0.25) is 0 Å². The maximum absolute atomic E-state index is 10.7. The SMILES string of the molecule is COc1cnc(C2(O)CCCC(N)C2)c(OC)n1. The fourth-order valence-corrected chi connectivity index (χ4v) is 2.43. The second kappa shape index (κ2) is 5.07. The lowest BCUT2D eigenvalue weighted by Crippen LogP contribution is -2.40. The van der Waals surface area contributed by atoms with Crippen molar-refractivity contribution in [2.24, 2.45) is 5.73 Å². The molecule has 6 nitrogen and oxygen atoms in total. The summed E-state index contributed by atoms with van der Waals surface area (Å²) in [7, 11) is 3.01. The van der Waals surface area contributed by atoms with Gasteiger partial charge in [0.05, 0.1) is 20.4 Å². The van der Waals surface area contributed by atoms with Crippen LogP contribution in [0, 0.1) is 0 Å². The van der Waals surface area contributed by atoms with E-state index >= 15 is 0 Å². The minimum Gasteiger partial charge on any atom is -0.480 e. The topological polar surface area (TPSA) is 90.5 Å². The van der Waals surface area contributed by atoms with Gasteiger partial charge in [-0.2, -0.15) is 4.98 Å². The van der Waals surface area contributed by atoms with E-state index in [4.69, 9.17) is 15.2 Å². The number of hydrogen-bond donors (Lipinski definition) is 2. The van der Waals surface area contributed by atoms with E-state index in [1.165, 1.54) is 20.4 Å². The number of ether oxygens (including phenoxy) is 2. The van der Waals surface area contributed by atoms with Crippen molar-refractivity contribution in [2.45, 2.75) is 37.3 Å². The summed E-state index contributed by atoms with van der Waals surface area (Å²) in [5.41, 5.74) is 5.31. The fourth-order valence-electron chi connectivity index (χ4n) is 2.43. The second-order valence-electron chi connectivity index (χ2n) is 4.66. The summed E-state index contributed by atoms with van der Waals surface area (Å²) >= 11 is 0. The van der Waals surface area contributed by atoms with Crippen molar-refractivity contribution in [3.8, 4) is 11.8 Å². The average Bonchev–Trinajstić information content (AvgIpc) is 2.37. The molecule has 6 heteroatoms. The van der Waals surface area contributed by atoms with E-state index in [0.717, 1.165) is 12.8 Å². The smallest absolute Gasteiger partial charge is 0.241 e. The van der Waals surface area contributed by atoms with Crippen LogP contribution in [0.3, 0.4) is 0 Å². The molecule has 0 bridgehead atoms. The van der Waals surface area contributed by atoms with Gasteiger partial charge >= 0.3 is 0 Å². The summed E-state index contributed by atoms with van der Waals surface area (Å²) in [6.45, 7) is 0. The Morgan fingerprint density at radius 1 is 1.44 bits per heavy atom. The van der Waals surface area contributed by atoms with Crippen molar-refractivity contribution in [3.63, 3.8) is 0 Å². The molecule has 0 amide bonds. The van der Waals surface area contributed by atoms with Crippen LogP contribution in [0.1, 0.15) is 31.4 Å². The van der Waals surface area contributed by atoms with E-state index < -0.39 is 5.60 Å². The molecular formula is C12H19N3O3. The average molecular weight is 253 g/mol. The molecule has 1 aliphatic carbocycles. The molecule has 0 aromatic carbocycles. The third-order valence-corrected chi connectivity index (χ3v) is 3.33. The first-order valence-electron chi connectivity index (χ1n) is 6.02. The van der Waals surface area contributed by atoms with Gasteiger partial charge in [-0.1, -0.05) is 0 Å². The van der Waals surface area contributed by atoms with E-state index in [-0.39, 0.29) is 6.04 Å². The van der Waals surface area contributed by atoms with Crippen LogP contribution in [-0.4, -0.2) is 35.3 Å². The van der Waals surface area contributed by atoms with Gasteiger partial charge in [0.2, 0.25) is 11.8 Å². The predicted molar refractivity (Wildman–Crippen MR) is 65.5 cm³/mol. The Morgan fingerprint density at radius 3 is 2.83 bits per heavy atom. The molecule has 0 aliphatic heterocycles. The largest absolute Gasteiger partial charge is 0.480 e. The molecular weight excluding hydrogens is 234 g/mol. The van der Waals surface area contributed by atoms with Crippen molar-refractivity contribution in [1.29, 1.82) is 0 Å². The van der Waals surface area contributed by atoms with Crippen molar-refractivity contribution in [3.05, 3.63) is 11.9 Å². The molecule has 2 rings (SSSR count). The Balaban J connectivity index is 2.36. The highest BCUT2D eigenvalue weighted by atomic mass is 16.5. The van der Waals surface area contributed by atoms with E-state index in [0.29, 0.717) is 30.3 Å². The van der Waals surface area contributed by atoms with E-state index in [2.05, 4.69) is 9.97 Å². The summed E-state index contributed by atoms with van der Waals surface area (Å²) in [5, 5.41) is 10.7. The van der Waals surface area contributed by atoms with Crippen LogP contribution in [0.5, 0.6) is 11.8 Å². The minimum atomic E-state index is -1.05. The molecule has 1 aromatic heterocycles. The Morgan fingerprint density at radius 2 is 2.22 bits per heavy atom. The number of methoxy groups -OCH3 is 2. The number of rotatable bonds is 3. The van der Waals surface area contributed by atoms with Crippen LogP contribution in [0.15, 0.2) is 6.20 Å². The Hall–Kier alpha value is -1.40. The second-order valence-corrected chi connectivity index (χ2v) is 4.66. The van der Waals surface area contributed by atoms with Gasteiger partial charge in [-0.3, -0.25) is 0 Å². The Kier molecular flexibility index (Phi) is 3.68. The molecule has 0 saturated heterocycles. The summed E-state index contributed by atoms with van der Waals surface area (Å²) in [6, 6.07) is -0.0163. The van der Waals surface area contributed by atoms with Crippen molar-refractivity contribution in [2.75, 3.05) is 14.2 Å². The summed E-state index contributed by atoms with van der Waals surface area (Å²) in [4.78, 5) is 8.38. The zero-order valence-electron chi connectivity index (χ0n) is 10.7. The van der Waals surface area contributed by atoms with E-state index in [9.17, 15) is 5.11 Å². The molecule has 0 radical (unpaired) electrons. The first kappa shape index (κ1) is 13.0. The summed E-state index contributed by atoms with van der Waals surface area (Å²) in [5.74, 6) is 0.658. The van der Waals surface area contributed by atoms with Gasteiger partial charge in [0.25, 0.3) is 0 Å². The van der Waals surface area contributed by atoms with Crippen molar-refractivity contribution >= 4 is 0 Å². The molecule has 0 spiro atoms. The lowest BCUT2D eigenvalue weighted by Gasteiger charge is -2.35. The first-order chi connectivity index (χ1) is 8.59. The molecule has 2 unspecified atom stereocenters. The van der Waals surface area contributed by atoms with Crippen LogP contribution < -0.4 is 15.2 Å². The molecule has 1 saturated carbocycles. The highest BCUT2D eigenvalue weighted by Crippen LogP contribution is 2.39. The molecule has 2 atom stereocenters. The zero-order valence-corrected chi connectivity index (χ0v) is 10.7. The number of aliphatic hydroxyl groups is 1. The van der Waals surface area contributed by atoms with Crippen LogP contribution in [0.25, 0.3) is 0 Å². The van der Waals surface area contributed by atoms with Gasteiger partial charge < -0.3 is 20.3 Å². The number of nitrogens with zero attached hydrogens (tertiary/aromatic N) is 2. The van der Waals surface area contributed by atoms with Crippen molar-refractivity contribution < 1.29 is 14.6 Å². The number of aromatic nitrogens is 2. The van der Waals surface area contributed by atoms with Gasteiger partial charge in [0, 0.05) is 6.04 Å². The first-order valence-corrected chi connectivity index (χ1v) is 6.02. The van der Waals surface area contributed by atoms with E-state index in [1.807, 2.05) is 0 Å². The van der Waals surface area contributed by atoms with Crippen LogP contribution in [0.4, 0.5) is 0 Å². The lowest BCUT2D eigenvalue weighted by atomic mass is 9.80. The molecule has 1 aromatic rings. The Bertz CT molecular complexity index is 427. The maximum Gasteiger partial charge on any atom is 0.241 e. The standard InChI is InChI=1S/C12H19N3O3/c1-17-9-7-14-10(11(15-9)18-2)12(16)5-3-4-8(13)6-12/h7-8,16H,3-6,13H2,1-2H3.